The molecule has 1 unspecified atom stereocenters. The van der Waals surface area contributed by atoms with Gasteiger partial charge in [-0.25, -0.2) is 0 Å². The molecular weight excluding hydrogens is 272 g/mol. The molecule has 0 heterocycles. The van der Waals surface area contributed by atoms with Crippen molar-refractivity contribution < 1.29 is 0 Å². The van der Waals surface area contributed by atoms with Crippen LogP contribution in [0.15, 0.2) is 29.3 Å². The van der Waals surface area contributed by atoms with Gasteiger partial charge in [-0.3, -0.25) is 4.99 Å². The highest BCUT2D eigenvalue weighted by Gasteiger charge is 2.18. The van der Waals surface area contributed by atoms with Crippen LogP contribution in [-0.2, 0) is 0 Å². The SMILES string of the molecule is CN=C(NCC(c1ccc(C)cc1)N(C)C)NC1CCCC1. The summed E-state index contributed by atoms with van der Waals surface area (Å²) in [4.78, 5) is 6.62. The zero-order valence-electron chi connectivity index (χ0n) is 14.4. The maximum absolute atomic E-state index is 4.37. The zero-order chi connectivity index (χ0) is 15.9. The third-order valence-electron chi connectivity index (χ3n) is 4.47. The third kappa shape index (κ3) is 4.73. The lowest BCUT2D eigenvalue weighted by molar-refractivity contribution is 0.298. The van der Waals surface area contributed by atoms with Gasteiger partial charge in [0.25, 0.3) is 0 Å². The molecule has 122 valence electrons. The Morgan fingerprint density at radius 1 is 1.23 bits per heavy atom. The topological polar surface area (TPSA) is 39.7 Å². The molecule has 0 amide bonds. The fourth-order valence-corrected chi connectivity index (χ4v) is 3.04. The van der Waals surface area contributed by atoms with Crippen LogP contribution in [0, 0.1) is 6.92 Å². The minimum atomic E-state index is 0.336. The van der Waals surface area contributed by atoms with Gasteiger partial charge in [-0.2, -0.15) is 0 Å². The Morgan fingerprint density at radius 2 is 1.86 bits per heavy atom. The summed E-state index contributed by atoms with van der Waals surface area (Å²) in [5.41, 5.74) is 2.63. The van der Waals surface area contributed by atoms with Gasteiger partial charge in [-0.15, -0.1) is 0 Å². The fourth-order valence-electron chi connectivity index (χ4n) is 3.04. The first kappa shape index (κ1) is 16.8. The summed E-state index contributed by atoms with van der Waals surface area (Å²) in [5, 5.41) is 7.03. The van der Waals surface area contributed by atoms with Crippen molar-refractivity contribution in [1.82, 2.24) is 15.5 Å². The van der Waals surface area contributed by atoms with E-state index in [1.54, 1.807) is 0 Å². The summed E-state index contributed by atoms with van der Waals surface area (Å²) >= 11 is 0. The van der Waals surface area contributed by atoms with E-state index in [4.69, 9.17) is 0 Å². The number of aliphatic imine (C=N–C) groups is 1. The number of nitrogens with zero attached hydrogens (tertiary/aromatic N) is 2. The molecule has 2 N–H and O–H groups in total. The molecule has 0 aliphatic heterocycles. The molecule has 4 nitrogen and oxygen atoms in total. The second kappa shape index (κ2) is 8.18. The Bertz CT molecular complexity index is 472. The smallest absolute Gasteiger partial charge is 0.191 e. The number of benzene rings is 1. The molecule has 1 saturated carbocycles. The number of nitrogens with one attached hydrogen (secondary N) is 2. The Kier molecular flexibility index (Phi) is 6.25. The monoisotopic (exact) mass is 302 g/mol. The van der Waals surface area contributed by atoms with Crippen LogP contribution in [0.1, 0.15) is 42.9 Å². The molecule has 22 heavy (non-hydrogen) atoms. The number of hydrogen-bond acceptors (Lipinski definition) is 2. The summed E-state index contributed by atoms with van der Waals surface area (Å²) in [7, 11) is 6.10. The average Bonchev–Trinajstić information content (AvgIpc) is 3.00. The molecule has 0 radical (unpaired) electrons. The molecule has 4 heteroatoms. The normalized spacial score (nSPS) is 17.8. The molecule has 0 spiro atoms. The second-order valence-electron chi connectivity index (χ2n) is 6.47. The van der Waals surface area contributed by atoms with Crippen LogP contribution in [0.5, 0.6) is 0 Å². The molecule has 0 aromatic heterocycles. The van der Waals surface area contributed by atoms with Crippen LogP contribution in [0.3, 0.4) is 0 Å². The summed E-state index contributed by atoms with van der Waals surface area (Å²) in [6, 6.07) is 9.71. The lowest BCUT2D eigenvalue weighted by Crippen LogP contribution is -2.45. The van der Waals surface area contributed by atoms with Gasteiger partial charge in [-0.1, -0.05) is 42.7 Å². The molecule has 1 aromatic rings. The van der Waals surface area contributed by atoms with Gasteiger partial charge in [0.2, 0.25) is 0 Å². The lowest BCUT2D eigenvalue weighted by Gasteiger charge is -2.27. The maximum Gasteiger partial charge on any atom is 0.191 e. The quantitative estimate of drug-likeness (QED) is 0.649. The highest BCUT2D eigenvalue weighted by molar-refractivity contribution is 5.80. The van der Waals surface area contributed by atoms with Crippen molar-refractivity contribution >= 4 is 5.96 Å². The van der Waals surface area contributed by atoms with Gasteiger partial charge < -0.3 is 15.5 Å². The van der Waals surface area contributed by atoms with E-state index < -0.39 is 0 Å². The van der Waals surface area contributed by atoms with E-state index in [0.717, 1.165) is 12.5 Å². The number of hydrogen-bond donors (Lipinski definition) is 2. The molecular formula is C18H30N4. The van der Waals surface area contributed by atoms with Crippen molar-refractivity contribution in [3.63, 3.8) is 0 Å². The standard InChI is InChI=1S/C18H30N4/c1-14-9-11-15(12-10-14)17(22(3)4)13-20-18(19-2)21-16-7-5-6-8-16/h9-12,16-17H,5-8,13H2,1-4H3,(H2,19,20,21). The summed E-state index contributed by atoms with van der Waals surface area (Å²) in [5.74, 6) is 0.922. The van der Waals surface area contributed by atoms with E-state index >= 15 is 0 Å². The van der Waals surface area contributed by atoms with Crippen molar-refractivity contribution in [2.24, 2.45) is 4.99 Å². The first-order valence-corrected chi connectivity index (χ1v) is 8.30. The van der Waals surface area contributed by atoms with Gasteiger partial charge in [0, 0.05) is 19.6 Å². The van der Waals surface area contributed by atoms with E-state index in [1.807, 2.05) is 7.05 Å². The van der Waals surface area contributed by atoms with Crippen LogP contribution in [0.2, 0.25) is 0 Å². The van der Waals surface area contributed by atoms with Gasteiger partial charge in [0.1, 0.15) is 0 Å². The summed E-state index contributed by atoms with van der Waals surface area (Å²) < 4.78 is 0. The Labute approximate surface area is 135 Å². The summed E-state index contributed by atoms with van der Waals surface area (Å²) in [6.45, 7) is 2.97. The molecule has 0 bridgehead atoms. The molecule has 1 aliphatic rings. The van der Waals surface area contributed by atoms with Crippen molar-refractivity contribution in [3.05, 3.63) is 35.4 Å². The van der Waals surface area contributed by atoms with Gasteiger partial charge in [-0.05, 0) is 39.4 Å². The first-order chi connectivity index (χ1) is 10.6. The Hall–Kier alpha value is -1.55. The Balaban J connectivity index is 1.94. The highest BCUT2D eigenvalue weighted by Crippen LogP contribution is 2.19. The van der Waals surface area contributed by atoms with Crippen LogP contribution in [-0.4, -0.2) is 44.6 Å². The molecule has 0 saturated heterocycles. The lowest BCUT2D eigenvalue weighted by atomic mass is 10.0. The third-order valence-corrected chi connectivity index (χ3v) is 4.47. The molecule has 1 fully saturated rings. The van der Waals surface area contributed by atoms with E-state index in [9.17, 15) is 0 Å². The van der Waals surface area contributed by atoms with Crippen LogP contribution < -0.4 is 10.6 Å². The van der Waals surface area contributed by atoms with Crippen molar-refractivity contribution in [2.45, 2.75) is 44.7 Å². The first-order valence-electron chi connectivity index (χ1n) is 8.30. The molecule has 1 aromatic carbocycles. The molecule has 1 aliphatic carbocycles. The van der Waals surface area contributed by atoms with Gasteiger partial charge >= 0.3 is 0 Å². The van der Waals surface area contributed by atoms with Gasteiger partial charge in [0.15, 0.2) is 5.96 Å². The average molecular weight is 302 g/mol. The van der Waals surface area contributed by atoms with E-state index in [0.29, 0.717) is 12.1 Å². The van der Waals surface area contributed by atoms with Crippen LogP contribution >= 0.6 is 0 Å². The zero-order valence-corrected chi connectivity index (χ0v) is 14.4. The number of likely N-dealkylation sites (N-methyl/N-ethyl adjacent to an activating group) is 1. The maximum atomic E-state index is 4.37. The van der Waals surface area contributed by atoms with E-state index in [2.05, 4.69) is 65.8 Å². The Morgan fingerprint density at radius 3 is 2.41 bits per heavy atom. The van der Waals surface area contributed by atoms with Crippen molar-refractivity contribution in [2.75, 3.05) is 27.7 Å². The highest BCUT2D eigenvalue weighted by atomic mass is 15.2. The largest absolute Gasteiger partial charge is 0.354 e. The number of guanidine groups is 1. The second-order valence-corrected chi connectivity index (χ2v) is 6.47. The minimum absolute atomic E-state index is 0.336. The van der Waals surface area contributed by atoms with E-state index in [1.165, 1.54) is 36.8 Å². The molecule has 1 atom stereocenters. The molecule has 2 rings (SSSR count). The van der Waals surface area contributed by atoms with Crippen LogP contribution in [0.4, 0.5) is 0 Å². The predicted molar refractivity (Wildman–Crippen MR) is 94.4 cm³/mol. The van der Waals surface area contributed by atoms with Gasteiger partial charge in [0.05, 0.1) is 6.04 Å². The summed E-state index contributed by atoms with van der Waals surface area (Å²) in [6.07, 6.45) is 5.18. The number of rotatable bonds is 5. The fraction of sp³-hybridized carbons (Fsp3) is 0.611. The minimum Gasteiger partial charge on any atom is -0.354 e. The van der Waals surface area contributed by atoms with Crippen molar-refractivity contribution in [1.29, 1.82) is 0 Å². The van der Waals surface area contributed by atoms with E-state index in [-0.39, 0.29) is 0 Å². The van der Waals surface area contributed by atoms with Crippen molar-refractivity contribution in [3.8, 4) is 0 Å². The predicted octanol–water partition coefficient (Wildman–Crippen LogP) is 2.71. The van der Waals surface area contributed by atoms with Crippen LogP contribution in [0.25, 0.3) is 0 Å². The number of aryl methyl sites for hydroxylation is 1.